The van der Waals surface area contributed by atoms with E-state index in [-0.39, 0.29) is 16.7 Å². The van der Waals surface area contributed by atoms with Crippen molar-refractivity contribution in [1.82, 2.24) is 24.8 Å². The fourth-order valence-corrected chi connectivity index (χ4v) is 5.01. The predicted molar refractivity (Wildman–Crippen MR) is 119 cm³/mol. The summed E-state index contributed by atoms with van der Waals surface area (Å²) in [6.45, 7) is 7.13. The molecule has 1 unspecified atom stereocenters. The Labute approximate surface area is 184 Å². The van der Waals surface area contributed by atoms with E-state index in [1.54, 1.807) is 24.3 Å². The summed E-state index contributed by atoms with van der Waals surface area (Å²) in [4.78, 5) is 13.0. The summed E-state index contributed by atoms with van der Waals surface area (Å²) in [5, 5.41) is 11.5. The van der Waals surface area contributed by atoms with Crippen molar-refractivity contribution in [2.75, 3.05) is 6.54 Å². The van der Waals surface area contributed by atoms with Crippen LogP contribution in [-0.2, 0) is 34.2 Å². The molecular formula is C22H33N5O3S. The standard InChI is InChI=1S/C22H33N5O3S/c1-16(2)15-19(26-31(29,30)18-10-8-17(3)9-11-18)22(28)23-13-12-21-25-24-20-7-5-4-6-14-27(20)21/h8-11,16,19,26H,4-7,12-15H2,1-3H3,(H,23,28). The number of aromatic nitrogens is 3. The van der Waals surface area contributed by atoms with Gasteiger partial charge in [-0.3, -0.25) is 4.79 Å². The highest BCUT2D eigenvalue weighted by Crippen LogP contribution is 2.15. The van der Waals surface area contributed by atoms with E-state index < -0.39 is 16.1 Å². The molecule has 1 aliphatic rings. The zero-order chi connectivity index (χ0) is 22.4. The van der Waals surface area contributed by atoms with Gasteiger partial charge in [0.15, 0.2) is 0 Å². The maximum atomic E-state index is 12.8. The Morgan fingerprint density at radius 3 is 2.58 bits per heavy atom. The second-order valence-corrected chi connectivity index (χ2v) is 10.4. The average Bonchev–Trinajstić information content (AvgIpc) is 2.93. The first-order chi connectivity index (χ1) is 14.8. The Morgan fingerprint density at radius 2 is 1.87 bits per heavy atom. The van der Waals surface area contributed by atoms with E-state index in [4.69, 9.17) is 0 Å². The molecule has 1 aliphatic heterocycles. The molecule has 9 heteroatoms. The van der Waals surface area contributed by atoms with Crippen molar-refractivity contribution in [1.29, 1.82) is 0 Å². The van der Waals surface area contributed by atoms with Crippen LogP contribution in [0, 0.1) is 12.8 Å². The average molecular weight is 448 g/mol. The molecule has 1 atom stereocenters. The number of nitrogens with one attached hydrogen (secondary N) is 2. The highest BCUT2D eigenvalue weighted by atomic mass is 32.2. The molecule has 0 radical (unpaired) electrons. The van der Waals surface area contributed by atoms with E-state index in [2.05, 4.69) is 24.8 Å². The number of sulfonamides is 1. The zero-order valence-corrected chi connectivity index (χ0v) is 19.4. The van der Waals surface area contributed by atoms with E-state index in [0.717, 1.165) is 43.0 Å². The van der Waals surface area contributed by atoms with Crippen molar-refractivity contribution in [3.8, 4) is 0 Å². The lowest BCUT2D eigenvalue weighted by molar-refractivity contribution is -0.123. The Bertz CT molecular complexity index is 983. The number of aryl methyl sites for hydroxylation is 2. The van der Waals surface area contributed by atoms with Gasteiger partial charge < -0.3 is 9.88 Å². The van der Waals surface area contributed by atoms with E-state index in [1.807, 2.05) is 20.8 Å². The molecule has 2 N–H and O–H groups in total. The molecule has 0 saturated heterocycles. The molecule has 8 nitrogen and oxygen atoms in total. The van der Waals surface area contributed by atoms with Crippen molar-refractivity contribution >= 4 is 15.9 Å². The monoisotopic (exact) mass is 447 g/mol. The SMILES string of the molecule is Cc1ccc(S(=O)(=O)NC(CC(C)C)C(=O)NCCc2nnc3n2CCCCC3)cc1. The molecule has 1 aromatic carbocycles. The first-order valence-electron chi connectivity index (χ1n) is 11.0. The minimum atomic E-state index is -3.79. The van der Waals surface area contributed by atoms with E-state index in [1.165, 1.54) is 6.42 Å². The maximum Gasteiger partial charge on any atom is 0.241 e. The van der Waals surface area contributed by atoms with Gasteiger partial charge in [0.2, 0.25) is 15.9 Å². The molecule has 2 heterocycles. The van der Waals surface area contributed by atoms with Gasteiger partial charge in [-0.2, -0.15) is 4.72 Å². The molecule has 170 valence electrons. The second kappa shape index (κ2) is 10.4. The summed E-state index contributed by atoms with van der Waals surface area (Å²) in [5.41, 5.74) is 0.974. The quantitative estimate of drug-likeness (QED) is 0.614. The molecule has 0 aliphatic carbocycles. The molecule has 1 amide bonds. The lowest BCUT2D eigenvalue weighted by Crippen LogP contribution is -2.47. The molecule has 0 fully saturated rings. The number of rotatable bonds is 9. The van der Waals surface area contributed by atoms with Crippen LogP contribution in [0.25, 0.3) is 0 Å². The number of nitrogens with zero attached hydrogens (tertiary/aromatic N) is 3. The van der Waals surface area contributed by atoms with Crippen LogP contribution >= 0.6 is 0 Å². The summed E-state index contributed by atoms with van der Waals surface area (Å²) < 4.78 is 30.3. The van der Waals surface area contributed by atoms with Gasteiger partial charge in [-0.25, -0.2) is 8.42 Å². The Morgan fingerprint density at radius 1 is 1.13 bits per heavy atom. The second-order valence-electron chi connectivity index (χ2n) is 8.65. The fourth-order valence-electron chi connectivity index (χ4n) is 3.80. The lowest BCUT2D eigenvalue weighted by atomic mass is 10.0. The molecular weight excluding hydrogens is 414 g/mol. The van der Waals surface area contributed by atoms with Crippen LogP contribution in [0.4, 0.5) is 0 Å². The van der Waals surface area contributed by atoms with E-state index in [0.29, 0.717) is 19.4 Å². The summed E-state index contributed by atoms with van der Waals surface area (Å²) in [6.07, 6.45) is 5.36. The van der Waals surface area contributed by atoms with Gasteiger partial charge >= 0.3 is 0 Å². The Hall–Kier alpha value is -2.26. The Balaban J connectivity index is 1.62. The van der Waals surface area contributed by atoms with Gasteiger partial charge in [0, 0.05) is 25.9 Å². The number of amides is 1. The molecule has 2 aromatic rings. The molecule has 0 saturated carbocycles. The normalized spacial score (nSPS) is 15.4. The van der Waals surface area contributed by atoms with Crippen LogP contribution in [0.1, 0.15) is 56.7 Å². The molecule has 31 heavy (non-hydrogen) atoms. The van der Waals surface area contributed by atoms with Crippen molar-refractivity contribution in [3.05, 3.63) is 41.5 Å². The van der Waals surface area contributed by atoms with E-state index in [9.17, 15) is 13.2 Å². The third-order valence-corrected chi connectivity index (χ3v) is 6.97. The third kappa shape index (κ3) is 6.36. The zero-order valence-electron chi connectivity index (χ0n) is 18.6. The summed E-state index contributed by atoms with van der Waals surface area (Å²) >= 11 is 0. The third-order valence-electron chi connectivity index (χ3n) is 5.49. The van der Waals surface area contributed by atoms with Crippen molar-refractivity contribution < 1.29 is 13.2 Å². The minimum Gasteiger partial charge on any atom is -0.354 e. The van der Waals surface area contributed by atoms with Crippen LogP contribution in [-0.4, -0.2) is 41.7 Å². The van der Waals surface area contributed by atoms with Crippen LogP contribution in [0.15, 0.2) is 29.2 Å². The topological polar surface area (TPSA) is 106 Å². The van der Waals surface area contributed by atoms with Gasteiger partial charge in [-0.05, 0) is 44.2 Å². The largest absolute Gasteiger partial charge is 0.354 e. The van der Waals surface area contributed by atoms with Crippen molar-refractivity contribution in [2.45, 2.75) is 76.8 Å². The molecule has 1 aromatic heterocycles. The number of hydrogen-bond acceptors (Lipinski definition) is 5. The van der Waals surface area contributed by atoms with Crippen LogP contribution in [0.2, 0.25) is 0 Å². The van der Waals surface area contributed by atoms with Crippen molar-refractivity contribution in [3.63, 3.8) is 0 Å². The van der Waals surface area contributed by atoms with Crippen molar-refractivity contribution in [2.24, 2.45) is 5.92 Å². The smallest absolute Gasteiger partial charge is 0.241 e. The van der Waals surface area contributed by atoms with Gasteiger partial charge in [0.05, 0.1) is 4.90 Å². The molecule has 0 spiro atoms. The fraction of sp³-hybridized carbons (Fsp3) is 0.591. The first-order valence-corrected chi connectivity index (χ1v) is 12.5. The Kier molecular flexibility index (Phi) is 7.83. The van der Waals surface area contributed by atoms with Crippen LogP contribution < -0.4 is 10.0 Å². The van der Waals surface area contributed by atoms with E-state index >= 15 is 0 Å². The number of carbonyl (C=O) groups excluding carboxylic acids is 1. The van der Waals surface area contributed by atoms with Gasteiger partial charge in [0.1, 0.15) is 17.7 Å². The summed E-state index contributed by atoms with van der Waals surface area (Å²) in [5.74, 6) is 1.73. The van der Waals surface area contributed by atoms with Gasteiger partial charge in [-0.15, -0.1) is 10.2 Å². The molecule has 3 rings (SSSR count). The molecule has 0 bridgehead atoms. The summed E-state index contributed by atoms with van der Waals surface area (Å²) in [6, 6.07) is 5.76. The highest BCUT2D eigenvalue weighted by molar-refractivity contribution is 7.89. The van der Waals surface area contributed by atoms with Crippen LogP contribution in [0.5, 0.6) is 0 Å². The van der Waals surface area contributed by atoms with Crippen LogP contribution in [0.3, 0.4) is 0 Å². The minimum absolute atomic E-state index is 0.156. The summed E-state index contributed by atoms with van der Waals surface area (Å²) in [7, 11) is -3.79. The highest BCUT2D eigenvalue weighted by Gasteiger charge is 2.26. The van der Waals surface area contributed by atoms with Gasteiger partial charge in [-0.1, -0.05) is 38.0 Å². The lowest BCUT2D eigenvalue weighted by Gasteiger charge is -2.20. The first kappa shape index (κ1) is 23.4. The number of hydrogen-bond donors (Lipinski definition) is 2. The van der Waals surface area contributed by atoms with Gasteiger partial charge in [0.25, 0.3) is 0 Å². The number of benzene rings is 1. The number of fused-ring (bicyclic) bond motifs is 1. The number of carbonyl (C=O) groups is 1. The maximum absolute atomic E-state index is 12.8. The predicted octanol–water partition coefficient (Wildman–Crippen LogP) is 2.36.